The van der Waals surface area contributed by atoms with E-state index in [0.717, 1.165) is 19.3 Å². The number of hydrogen-bond donors (Lipinski definition) is 4. The van der Waals surface area contributed by atoms with E-state index in [1.165, 1.54) is 44.9 Å². The first-order chi connectivity index (χ1) is 10.5. The molecule has 0 saturated heterocycles. The number of carbonyl (C=O) groups is 2. The maximum atomic E-state index is 11.4. The van der Waals surface area contributed by atoms with Crippen molar-refractivity contribution in [1.29, 1.82) is 0 Å². The number of hydrogen-bond acceptors (Lipinski definition) is 4. The first-order valence-electron chi connectivity index (χ1n) is 8.37. The fraction of sp³-hybridized carbons (Fsp3) is 0.875. The SMILES string of the molecule is CCCCCCCCCCCCNC(=O)[C@H](O)[C@@H](O)C(=O)O. The Morgan fingerprint density at radius 1 is 0.818 bits per heavy atom. The second-order valence-electron chi connectivity index (χ2n) is 5.70. The number of carbonyl (C=O) groups excluding carboxylic acids is 1. The molecule has 6 heteroatoms. The molecular formula is C16H31NO5. The molecule has 0 radical (unpaired) electrons. The van der Waals surface area contributed by atoms with E-state index in [0.29, 0.717) is 6.54 Å². The van der Waals surface area contributed by atoms with Crippen molar-refractivity contribution >= 4 is 11.9 Å². The Morgan fingerprint density at radius 2 is 1.27 bits per heavy atom. The highest BCUT2D eigenvalue weighted by Crippen LogP contribution is 2.10. The molecule has 0 heterocycles. The fourth-order valence-electron chi connectivity index (χ4n) is 2.21. The number of nitrogens with one attached hydrogen (secondary N) is 1. The van der Waals surface area contributed by atoms with Gasteiger partial charge in [-0.1, -0.05) is 64.7 Å². The van der Waals surface area contributed by atoms with E-state index in [1.54, 1.807) is 0 Å². The molecule has 22 heavy (non-hydrogen) atoms. The van der Waals surface area contributed by atoms with Crippen molar-refractivity contribution in [2.45, 2.75) is 83.3 Å². The molecule has 1 amide bonds. The molecule has 0 spiro atoms. The molecule has 0 rings (SSSR count). The molecule has 0 aliphatic carbocycles. The van der Waals surface area contributed by atoms with Gasteiger partial charge in [0.1, 0.15) is 0 Å². The molecule has 4 N–H and O–H groups in total. The summed E-state index contributed by atoms with van der Waals surface area (Å²) in [5.74, 6) is -2.45. The zero-order chi connectivity index (χ0) is 16.8. The van der Waals surface area contributed by atoms with Gasteiger partial charge < -0.3 is 20.6 Å². The Hall–Kier alpha value is -1.14. The quantitative estimate of drug-likeness (QED) is 0.366. The Morgan fingerprint density at radius 3 is 1.73 bits per heavy atom. The van der Waals surface area contributed by atoms with Crippen LogP contribution in [0.15, 0.2) is 0 Å². The van der Waals surface area contributed by atoms with E-state index in [-0.39, 0.29) is 0 Å². The van der Waals surface area contributed by atoms with Gasteiger partial charge in [-0.3, -0.25) is 4.79 Å². The van der Waals surface area contributed by atoms with Crippen LogP contribution < -0.4 is 5.32 Å². The molecule has 0 aliphatic rings. The normalized spacial score (nSPS) is 13.6. The van der Waals surface area contributed by atoms with Gasteiger partial charge in [0.15, 0.2) is 12.2 Å². The predicted octanol–water partition coefficient (Wildman–Crippen LogP) is 1.83. The summed E-state index contributed by atoms with van der Waals surface area (Å²) in [6.45, 7) is 2.60. The summed E-state index contributed by atoms with van der Waals surface area (Å²) < 4.78 is 0. The van der Waals surface area contributed by atoms with E-state index in [2.05, 4.69) is 12.2 Å². The molecule has 0 saturated carbocycles. The monoisotopic (exact) mass is 317 g/mol. The van der Waals surface area contributed by atoms with Crippen molar-refractivity contribution in [2.75, 3.05) is 6.54 Å². The van der Waals surface area contributed by atoms with Gasteiger partial charge in [-0.2, -0.15) is 0 Å². The van der Waals surface area contributed by atoms with E-state index >= 15 is 0 Å². The smallest absolute Gasteiger partial charge is 0.335 e. The average molecular weight is 317 g/mol. The van der Waals surface area contributed by atoms with Crippen LogP contribution >= 0.6 is 0 Å². The molecule has 6 nitrogen and oxygen atoms in total. The van der Waals surface area contributed by atoms with Gasteiger partial charge in [-0.25, -0.2) is 4.79 Å². The van der Waals surface area contributed by atoms with Crippen molar-refractivity contribution in [1.82, 2.24) is 5.32 Å². The first-order valence-corrected chi connectivity index (χ1v) is 8.37. The lowest BCUT2D eigenvalue weighted by Crippen LogP contribution is -2.45. The Bertz CT molecular complexity index is 309. The van der Waals surface area contributed by atoms with Crippen LogP contribution in [0.25, 0.3) is 0 Å². The number of aliphatic carboxylic acids is 1. The maximum absolute atomic E-state index is 11.4. The highest BCUT2D eigenvalue weighted by molar-refractivity contribution is 5.87. The highest BCUT2D eigenvalue weighted by atomic mass is 16.4. The van der Waals surface area contributed by atoms with Crippen LogP contribution in [0.5, 0.6) is 0 Å². The summed E-state index contributed by atoms with van der Waals surface area (Å²) in [6, 6.07) is 0. The van der Waals surface area contributed by atoms with Gasteiger partial charge >= 0.3 is 5.97 Å². The second kappa shape index (κ2) is 13.5. The summed E-state index contributed by atoms with van der Waals surface area (Å²) >= 11 is 0. The maximum Gasteiger partial charge on any atom is 0.335 e. The molecule has 0 aromatic heterocycles. The van der Waals surface area contributed by atoms with Crippen molar-refractivity contribution in [3.63, 3.8) is 0 Å². The van der Waals surface area contributed by atoms with Gasteiger partial charge in [0.25, 0.3) is 5.91 Å². The minimum Gasteiger partial charge on any atom is -0.479 e. The predicted molar refractivity (Wildman–Crippen MR) is 84.5 cm³/mol. The molecule has 0 bridgehead atoms. The molecule has 130 valence electrons. The van der Waals surface area contributed by atoms with Crippen molar-refractivity contribution in [3.8, 4) is 0 Å². The van der Waals surface area contributed by atoms with Crippen LogP contribution in [-0.4, -0.2) is 45.9 Å². The van der Waals surface area contributed by atoms with E-state index < -0.39 is 24.1 Å². The third kappa shape index (κ3) is 10.6. The van der Waals surface area contributed by atoms with Crippen LogP contribution in [0, 0.1) is 0 Å². The summed E-state index contributed by atoms with van der Waals surface area (Å²) in [6.07, 6.45) is 7.87. The van der Waals surface area contributed by atoms with E-state index in [9.17, 15) is 14.7 Å². The number of aliphatic hydroxyl groups is 2. The molecule has 0 aromatic rings. The lowest BCUT2D eigenvalue weighted by atomic mass is 10.1. The number of aliphatic hydroxyl groups excluding tert-OH is 2. The molecule has 0 unspecified atom stereocenters. The van der Waals surface area contributed by atoms with Crippen LogP contribution in [-0.2, 0) is 9.59 Å². The topological polar surface area (TPSA) is 107 Å². The Kier molecular flexibility index (Phi) is 12.8. The van der Waals surface area contributed by atoms with Gasteiger partial charge in [0.2, 0.25) is 0 Å². The van der Waals surface area contributed by atoms with Gasteiger partial charge in [-0.15, -0.1) is 0 Å². The zero-order valence-electron chi connectivity index (χ0n) is 13.6. The standard InChI is InChI=1S/C16H31NO5/c1-2-3-4-5-6-7-8-9-10-11-12-17-15(20)13(18)14(19)16(21)22/h13-14,18-19H,2-12H2,1H3,(H,17,20)(H,21,22)/t13-,14-/m1/s1. The average Bonchev–Trinajstić information content (AvgIpc) is 2.50. The number of rotatable bonds is 14. The number of carboxylic acids is 1. The van der Waals surface area contributed by atoms with E-state index in [4.69, 9.17) is 10.2 Å². The van der Waals surface area contributed by atoms with Gasteiger partial charge in [-0.05, 0) is 6.42 Å². The van der Waals surface area contributed by atoms with Crippen LogP contribution in [0.4, 0.5) is 0 Å². The van der Waals surface area contributed by atoms with Crippen LogP contribution in [0.3, 0.4) is 0 Å². The summed E-state index contributed by atoms with van der Waals surface area (Å²) in [4.78, 5) is 21.8. The lowest BCUT2D eigenvalue weighted by Gasteiger charge is -2.13. The summed E-state index contributed by atoms with van der Waals surface area (Å²) in [7, 11) is 0. The van der Waals surface area contributed by atoms with Crippen molar-refractivity contribution in [3.05, 3.63) is 0 Å². The van der Waals surface area contributed by atoms with E-state index in [1.807, 2.05) is 0 Å². The third-order valence-corrected chi connectivity index (χ3v) is 3.65. The molecule has 0 fully saturated rings. The van der Waals surface area contributed by atoms with Gasteiger partial charge in [0, 0.05) is 6.54 Å². The third-order valence-electron chi connectivity index (χ3n) is 3.65. The minimum atomic E-state index is -2.08. The highest BCUT2D eigenvalue weighted by Gasteiger charge is 2.29. The summed E-state index contributed by atoms with van der Waals surface area (Å²) in [5.41, 5.74) is 0. The van der Waals surface area contributed by atoms with Crippen molar-refractivity contribution < 1.29 is 24.9 Å². The second-order valence-corrected chi connectivity index (χ2v) is 5.70. The largest absolute Gasteiger partial charge is 0.479 e. The number of carboxylic acid groups (broad SMARTS) is 1. The molecule has 0 aliphatic heterocycles. The fourth-order valence-corrected chi connectivity index (χ4v) is 2.21. The van der Waals surface area contributed by atoms with Crippen LogP contribution in [0.2, 0.25) is 0 Å². The van der Waals surface area contributed by atoms with Crippen LogP contribution in [0.1, 0.15) is 71.1 Å². The van der Waals surface area contributed by atoms with Gasteiger partial charge in [0.05, 0.1) is 0 Å². The lowest BCUT2D eigenvalue weighted by molar-refractivity contribution is -0.158. The minimum absolute atomic E-state index is 0.388. The molecule has 0 aromatic carbocycles. The molecular weight excluding hydrogens is 286 g/mol. The number of unbranched alkanes of at least 4 members (excludes halogenated alkanes) is 9. The molecule has 2 atom stereocenters. The zero-order valence-corrected chi connectivity index (χ0v) is 13.6. The Balaban J connectivity index is 3.42. The summed E-state index contributed by atoms with van der Waals surface area (Å²) in [5, 5.41) is 29.2. The number of amides is 1. The Labute approximate surface area is 132 Å². The first kappa shape index (κ1) is 20.9. The van der Waals surface area contributed by atoms with Crippen molar-refractivity contribution in [2.24, 2.45) is 0 Å².